The summed E-state index contributed by atoms with van der Waals surface area (Å²) in [5.74, 6) is -1.14. The average Bonchev–Trinajstić information content (AvgIpc) is 2.59. The van der Waals surface area contributed by atoms with Crippen molar-refractivity contribution in [2.24, 2.45) is 0 Å². The molecule has 140 valence electrons. The number of amides is 2. The van der Waals surface area contributed by atoms with Crippen LogP contribution in [0.1, 0.15) is 26.2 Å². The van der Waals surface area contributed by atoms with Gasteiger partial charge in [0.25, 0.3) is 5.91 Å². The first-order valence-electron chi connectivity index (χ1n) is 8.58. The van der Waals surface area contributed by atoms with E-state index in [2.05, 4.69) is 5.32 Å². The van der Waals surface area contributed by atoms with Crippen LogP contribution in [0.4, 0.5) is 5.69 Å². The predicted octanol–water partition coefficient (Wildman–Crippen LogP) is 0.941. The van der Waals surface area contributed by atoms with E-state index >= 15 is 0 Å². The topological polar surface area (TPSA) is 105 Å². The van der Waals surface area contributed by atoms with Crippen molar-refractivity contribution < 1.29 is 29.0 Å². The molecule has 2 amide bonds. The summed E-state index contributed by atoms with van der Waals surface area (Å²) in [7, 11) is 0. The third-order valence-corrected chi connectivity index (χ3v) is 4.72. The van der Waals surface area contributed by atoms with Crippen LogP contribution in [0.2, 0.25) is 0 Å². The highest BCUT2D eigenvalue weighted by Gasteiger charge is 2.38. The van der Waals surface area contributed by atoms with E-state index in [1.807, 2.05) is 0 Å². The Bertz CT molecular complexity index is 713. The van der Waals surface area contributed by atoms with Gasteiger partial charge in [0.1, 0.15) is 12.3 Å². The molecule has 8 nitrogen and oxygen atoms in total. The molecule has 26 heavy (non-hydrogen) atoms. The number of aliphatic carboxylic acids is 1. The molecule has 2 heterocycles. The van der Waals surface area contributed by atoms with Gasteiger partial charge in [-0.2, -0.15) is 0 Å². The van der Waals surface area contributed by atoms with Gasteiger partial charge in [-0.15, -0.1) is 0 Å². The molecule has 0 saturated carbocycles. The van der Waals surface area contributed by atoms with Gasteiger partial charge >= 0.3 is 5.97 Å². The van der Waals surface area contributed by atoms with E-state index < -0.39 is 23.5 Å². The zero-order valence-electron chi connectivity index (χ0n) is 14.6. The number of carbonyl (C=O) groups excluding carboxylic acids is 2. The molecule has 2 aliphatic heterocycles. The highest BCUT2D eigenvalue weighted by Crippen LogP contribution is 2.33. The van der Waals surface area contributed by atoms with Gasteiger partial charge in [-0.1, -0.05) is 12.1 Å². The minimum atomic E-state index is -0.978. The smallest absolute Gasteiger partial charge is 0.305 e. The van der Waals surface area contributed by atoms with Gasteiger partial charge in [0, 0.05) is 13.2 Å². The third-order valence-electron chi connectivity index (χ3n) is 4.72. The number of anilines is 1. The van der Waals surface area contributed by atoms with Gasteiger partial charge < -0.3 is 19.9 Å². The van der Waals surface area contributed by atoms with Gasteiger partial charge in [-0.3, -0.25) is 19.3 Å². The van der Waals surface area contributed by atoms with Crippen molar-refractivity contribution >= 4 is 23.5 Å². The number of hydrogen-bond donors (Lipinski definition) is 2. The van der Waals surface area contributed by atoms with Crippen molar-refractivity contribution in [1.29, 1.82) is 0 Å². The Labute approximate surface area is 151 Å². The quantitative estimate of drug-likeness (QED) is 0.808. The minimum Gasteiger partial charge on any atom is -0.481 e. The van der Waals surface area contributed by atoms with Crippen molar-refractivity contribution in [3.05, 3.63) is 24.3 Å². The van der Waals surface area contributed by atoms with E-state index in [0.717, 1.165) is 0 Å². The fraction of sp³-hybridized carbons (Fsp3) is 0.500. The SMILES string of the molecule is CC1Oc2ccccc2N(CC(=O)NC2(CC(=O)O)CCOCC2)C1=O. The maximum Gasteiger partial charge on any atom is 0.305 e. The molecule has 1 aromatic rings. The first kappa shape index (κ1) is 18.2. The van der Waals surface area contributed by atoms with Gasteiger partial charge in [0.2, 0.25) is 5.91 Å². The first-order chi connectivity index (χ1) is 12.4. The number of hydrogen-bond acceptors (Lipinski definition) is 5. The van der Waals surface area contributed by atoms with Crippen LogP contribution >= 0.6 is 0 Å². The maximum absolute atomic E-state index is 12.6. The van der Waals surface area contributed by atoms with Crippen molar-refractivity contribution in [3.63, 3.8) is 0 Å². The number of ether oxygens (including phenoxy) is 2. The Hall–Kier alpha value is -2.61. The molecule has 1 atom stereocenters. The van der Waals surface area contributed by atoms with Gasteiger partial charge in [-0.05, 0) is 31.9 Å². The summed E-state index contributed by atoms with van der Waals surface area (Å²) in [6.45, 7) is 2.23. The van der Waals surface area contributed by atoms with Crippen molar-refractivity contribution in [3.8, 4) is 5.75 Å². The normalized spacial score (nSPS) is 21.5. The monoisotopic (exact) mass is 362 g/mol. The fourth-order valence-corrected chi connectivity index (χ4v) is 3.40. The molecule has 0 aromatic heterocycles. The van der Waals surface area contributed by atoms with Gasteiger partial charge in [-0.25, -0.2) is 0 Å². The van der Waals surface area contributed by atoms with Crippen LogP contribution in [-0.2, 0) is 19.1 Å². The summed E-state index contributed by atoms with van der Waals surface area (Å²) in [6.07, 6.45) is -0.00943. The second kappa shape index (κ2) is 7.33. The number of benzene rings is 1. The second-order valence-electron chi connectivity index (χ2n) is 6.66. The molecular formula is C18H22N2O6. The molecule has 3 rings (SSSR count). The summed E-state index contributed by atoms with van der Waals surface area (Å²) in [4.78, 5) is 37.7. The van der Waals surface area contributed by atoms with Crippen LogP contribution in [0.3, 0.4) is 0 Å². The number of para-hydroxylation sites is 2. The molecule has 8 heteroatoms. The Morgan fingerprint density at radius 3 is 2.69 bits per heavy atom. The lowest BCUT2D eigenvalue weighted by Gasteiger charge is -2.38. The van der Waals surface area contributed by atoms with E-state index in [4.69, 9.17) is 9.47 Å². The van der Waals surface area contributed by atoms with Crippen LogP contribution in [0.5, 0.6) is 5.75 Å². The zero-order valence-corrected chi connectivity index (χ0v) is 14.6. The standard InChI is InChI=1S/C18H22N2O6/c1-12-17(24)20(13-4-2-3-5-14(13)26-12)11-15(21)19-18(10-16(22)23)6-8-25-9-7-18/h2-5,12H,6-11H2,1H3,(H,19,21)(H,22,23). The van der Waals surface area contributed by atoms with Crippen molar-refractivity contribution in [2.75, 3.05) is 24.7 Å². The number of nitrogens with zero attached hydrogens (tertiary/aromatic N) is 1. The number of carboxylic acids is 1. The fourth-order valence-electron chi connectivity index (χ4n) is 3.40. The highest BCUT2D eigenvalue weighted by molar-refractivity contribution is 6.03. The molecule has 1 aromatic carbocycles. The number of fused-ring (bicyclic) bond motifs is 1. The lowest BCUT2D eigenvalue weighted by molar-refractivity contribution is -0.140. The third kappa shape index (κ3) is 3.80. The largest absolute Gasteiger partial charge is 0.481 e. The second-order valence-corrected chi connectivity index (χ2v) is 6.66. The lowest BCUT2D eigenvalue weighted by atomic mass is 9.86. The summed E-state index contributed by atoms with van der Waals surface area (Å²) < 4.78 is 10.9. The van der Waals surface area contributed by atoms with Crippen LogP contribution in [0.15, 0.2) is 24.3 Å². The summed E-state index contributed by atoms with van der Waals surface area (Å²) in [5.41, 5.74) is -0.313. The summed E-state index contributed by atoms with van der Waals surface area (Å²) >= 11 is 0. The van der Waals surface area contributed by atoms with E-state index in [1.54, 1.807) is 31.2 Å². The van der Waals surface area contributed by atoms with E-state index in [9.17, 15) is 19.5 Å². The summed E-state index contributed by atoms with van der Waals surface area (Å²) in [5, 5.41) is 12.0. The molecule has 2 aliphatic rings. The Morgan fingerprint density at radius 1 is 1.31 bits per heavy atom. The Kier molecular flexibility index (Phi) is 5.13. The minimum absolute atomic E-state index is 0.174. The van der Waals surface area contributed by atoms with Crippen molar-refractivity contribution in [2.45, 2.75) is 37.8 Å². The average molecular weight is 362 g/mol. The van der Waals surface area contributed by atoms with Crippen LogP contribution in [0, 0.1) is 0 Å². The molecule has 0 radical (unpaired) electrons. The molecule has 2 N–H and O–H groups in total. The number of rotatable bonds is 5. The molecule has 0 bridgehead atoms. The van der Waals surface area contributed by atoms with Crippen LogP contribution in [0.25, 0.3) is 0 Å². The Morgan fingerprint density at radius 2 is 2.00 bits per heavy atom. The number of carbonyl (C=O) groups is 3. The van der Waals surface area contributed by atoms with Gasteiger partial charge in [0.15, 0.2) is 6.10 Å². The summed E-state index contributed by atoms with van der Waals surface area (Å²) in [6, 6.07) is 7.02. The Balaban J connectivity index is 1.76. The number of carboxylic acid groups (broad SMARTS) is 1. The molecule has 0 spiro atoms. The molecule has 1 unspecified atom stereocenters. The first-order valence-corrected chi connectivity index (χ1v) is 8.58. The highest BCUT2D eigenvalue weighted by atomic mass is 16.5. The zero-order chi connectivity index (χ0) is 18.7. The van der Waals surface area contributed by atoms with Crippen LogP contribution in [-0.4, -0.2) is 54.3 Å². The molecule has 0 aliphatic carbocycles. The lowest BCUT2D eigenvalue weighted by Crippen LogP contribution is -2.57. The molecule has 1 saturated heterocycles. The predicted molar refractivity (Wildman–Crippen MR) is 92.1 cm³/mol. The van der Waals surface area contributed by atoms with E-state index in [0.29, 0.717) is 37.5 Å². The van der Waals surface area contributed by atoms with E-state index in [1.165, 1.54) is 4.90 Å². The number of nitrogens with one attached hydrogen (secondary N) is 1. The van der Waals surface area contributed by atoms with Crippen LogP contribution < -0.4 is 15.0 Å². The van der Waals surface area contributed by atoms with Crippen molar-refractivity contribution in [1.82, 2.24) is 5.32 Å². The maximum atomic E-state index is 12.6. The van der Waals surface area contributed by atoms with Gasteiger partial charge in [0.05, 0.1) is 17.6 Å². The van der Waals surface area contributed by atoms with E-state index in [-0.39, 0.29) is 18.9 Å². The molecule has 1 fully saturated rings. The molecular weight excluding hydrogens is 340 g/mol.